The van der Waals surface area contributed by atoms with E-state index in [9.17, 15) is 78.7 Å². The molecule has 29 heavy (non-hydrogen) atoms. The maximum atomic E-state index is 13.1. The first kappa shape index (κ1) is 27.5. The monoisotopic (exact) mass is 494 g/mol. The first-order chi connectivity index (χ1) is 12.2. The van der Waals surface area contributed by atoms with Crippen LogP contribution < -0.4 is 0 Å². The van der Waals surface area contributed by atoms with Crippen molar-refractivity contribution in [1.29, 1.82) is 0 Å². The second-order valence-corrected chi connectivity index (χ2v) is 6.32. The molecule has 0 aromatic rings. The molecule has 0 bridgehead atoms. The first-order valence-corrected chi connectivity index (χ1v) is 7.29. The van der Waals surface area contributed by atoms with E-state index >= 15 is 0 Å². The summed E-state index contributed by atoms with van der Waals surface area (Å²) in [6.45, 7) is 0. The quantitative estimate of drug-likeness (QED) is 0.398. The fraction of sp³-hybridized carbons (Fsp3) is 0.778. The van der Waals surface area contributed by atoms with E-state index in [-0.39, 0.29) is 0 Å². The van der Waals surface area contributed by atoms with Gasteiger partial charge in [-0.05, 0) is 0 Å². The normalized spacial score (nSPS) is 17.8. The minimum Gasteiger partial charge on any atom is -0.281 e. The van der Waals surface area contributed by atoms with Crippen molar-refractivity contribution in [3.63, 3.8) is 0 Å². The van der Waals surface area contributed by atoms with Gasteiger partial charge in [-0.2, -0.15) is 69.9 Å². The first-order valence-electron chi connectivity index (χ1n) is 5.85. The molecule has 1 unspecified atom stereocenters. The summed E-state index contributed by atoms with van der Waals surface area (Å²) in [7, 11) is -7.75. The molecular weight excluding hydrogens is 492 g/mol. The van der Waals surface area contributed by atoms with Gasteiger partial charge in [0.05, 0.1) is 0 Å². The summed E-state index contributed by atoms with van der Waals surface area (Å²) < 4.78 is 231. The van der Waals surface area contributed by atoms with Crippen molar-refractivity contribution in [2.45, 2.75) is 41.3 Å². The number of hydrogen-bond acceptors (Lipinski definition) is 2. The van der Waals surface area contributed by atoms with Gasteiger partial charge in [0.1, 0.15) is 0 Å². The Morgan fingerprint density at radius 2 is 1.03 bits per heavy atom. The van der Waals surface area contributed by atoms with Crippen molar-refractivity contribution >= 4 is 10.1 Å². The van der Waals surface area contributed by atoms with Crippen LogP contribution in [0, 0.1) is 0 Å². The lowest BCUT2D eigenvalue weighted by molar-refractivity contribution is -0.395. The molecule has 0 saturated heterocycles. The van der Waals surface area contributed by atoms with Crippen LogP contribution in [0.5, 0.6) is 0 Å². The Hall–Kier alpha value is -1.47. The SMILES string of the molecule is O=S(=O)(O)C(F)(F)C(F)(F)C(F)(F)C(F)(F)C(F)(F)C(F)/C(F)=C(\F)C(F)(F)F. The van der Waals surface area contributed by atoms with Crippen molar-refractivity contribution in [1.82, 2.24) is 0 Å². The van der Waals surface area contributed by atoms with Gasteiger partial charge in [0, 0.05) is 0 Å². The fourth-order valence-corrected chi connectivity index (χ4v) is 1.77. The van der Waals surface area contributed by atoms with E-state index in [4.69, 9.17) is 4.55 Å². The molecule has 0 radical (unpaired) electrons. The molecule has 0 aromatic carbocycles. The van der Waals surface area contributed by atoms with E-state index in [1.54, 1.807) is 0 Å². The van der Waals surface area contributed by atoms with Gasteiger partial charge >= 0.3 is 45.2 Å². The standard InChI is InChI=1S/C9H2F16O3S/c10-1(3(12)5(15,16)17)2(11)4(13,14)6(18,19)7(20,21)8(22,23)9(24,25)29(26,27)28/h2H,(H,26,27,28)/b3-1+. The minimum absolute atomic E-state index is 4.53. The summed E-state index contributed by atoms with van der Waals surface area (Å²) >= 11 is 0. The summed E-state index contributed by atoms with van der Waals surface area (Å²) in [5, 5.41) is -7.65. The molecule has 1 atom stereocenters. The van der Waals surface area contributed by atoms with E-state index in [2.05, 4.69) is 0 Å². The van der Waals surface area contributed by atoms with Gasteiger partial charge in [-0.25, -0.2) is 8.78 Å². The smallest absolute Gasteiger partial charge is 0.281 e. The Balaban J connectivity index is 6.67. The van der Waals surface area contributed by atoms with E-state index in [0.29, 0.717) is 0 Å². The highest BCUT2D eigenvalue weighted by Crippen LogP contribution is 2.59. The molecule has 0 spiro atoms. The zero-order chi connectivity index (χ0) is 24.2. The third kappa shape index (κ3) is 3.96. The molecule has 174 valence electrons. The summed E-state index contributed by atoms with van der Waals surface area (Å²) in [5.74, 6) is -41.8. The van der Waals surface area contributed by atoms with Crippen LogP contribution in [0.2, 0.25) is 0 Å². The number of alkyl halides is 14. The van der Waals surface area contributed by atoms with E-state index in [0.717, 1.165) is 0 Å². The van der Waals surface area contributed by atoms with Gasteiger partial charge in [-0.3, -0.25) is 4.55 Å². The third-order valence-corrected chi connectivity index (χ3v) is 3.80. The highest BCUT2D eigenvalue weighted by molar-refractivity contribution is 7.87. The maximum absolute atomic E-state index is 13.1. The summed E-state index contributed by atoms with van der Waals surface area (Å²) in [6, 6.07) is 0. The van der Waals surface area contributed by atoms with Crippen LogP contribution in [0.15, 0.2) is 11.7 Å². The number of rotatable bonds is 7. The molecule has 0 saturated carbocycles. The Morgan fingerprint density at radius 1 is 0.690 bits per heavy atom. The fourth-order valence-electron chi connectivity index (χ4n) is 1.32. The van der Waals surface area contributed by atoms with Crippen LogP contribution in [0.1, 0.15) is 0 Å². The predicted molar refractivity (Wildman–Crippen MR) is 56.5 cm³/mol. The van der Waals surface area contributed by atoms with Crippen LogP contribution in [-0.2, 0) is 10.1 Å². The second kappa shape index (κ2) is 7.05. The number of halogens is 16. The highest BCUT2D eigenvalue weighted by atomic mass is 32.2. The van der Waals surface area contributed by atoms with Gasteiger partial charge in [0.25, 0.3) is 0 Å². The maximum Gasteiger partial charge on any atom is 0.445 e. The van der Waals surface area contributed by atoms with E-state index < -0.39 is 63.1 Å². The summed E-state index contributed by atoms with van der Waals surface area (Å²) in [5.41, 5.74) is 0. The lowest BCUT2D eigenvalue weighted by Gasteiger charge is -2.39. The van der Waals surface area contributed by atoms with Crippen molar-refractivity contribution in [3.05, 3.63) is 11.7 Å². The number of allylic oxidation sites excluding steroid dienone is 2. The molecule has 0 aliphatic carbocycles. The molecular formula is C9H2F16O3S. The molecule has 0 fully saturated rings. The predicted octanol–water partition coefficient (Wildman–Crippen LogP) is 5.06. The Kier molecular flexibility index (Phi) is 6.69. The van der Waals surface area contributed by atoms with E-state index in [1.165, 1.54) is 0 Å². The van der Waals surface area contributed by atoms with Crippen molar-refractivity contribution < 1.29 is 83.2 Å². The van der Waals surface area contributed by atoms with Crippen LogP contribution in [-0.4, -0.2) is 54.3 Å². The zero-order valence-corrected chi connectivity index (χ0v) is 13.1. The average molecular weight is 494 g/mol. The van der Waals surface area contributed by atoms with Gasteiger partial charge in [-0.15, -0.1) is 0 Å². The van der Waals surface area contributed by atoms with Gasteiger partial charge in [0.2, 0.25) is 12.0 Å². The highest BCUT2D eigenvalue weighted by Gasteiger charge is 2.90. The van der Waals surface area contributed by atoms with Crippen LogP contribution in [0.4, 0.5) is 70.2 Å². The second-order valence-electron chi connectivity index (χ2n) is 4.86. The van der Waals surface area contributed by atoms with Crippen LogP contribution in [0.25, 0.3) is 0 Å². The van der Waals surface area contributed by atoms with Crippen molar-refractivity contribution in [3.8, 4) is 0 Å². The largest absolute Gasteiger partial charge is 0.445 e. The third-order valence-electron chi connectivity index (χ3n) is 2.90. The lowest BCUT2D eigenvalue weighted by Crippen LogP contribution is -2.70. The zero-order valence-electron chi connectivity index (χ0n) is 12.3. The minimum atomic E-state index is -8.39. The summed E-state index contributed by atoms with van der Waals surface area (Å²) in [4.78, 5) is 0. The van der Waals surface area contributed by atoms with Gasteiger partial charge in [-0.1, -0.05) is 0 Å². The van der Waals surface area contributed by atoms with Gasteiger partial charge < -0.3 is 0 Å². The molecule has 0 aliphatic heterocycles. The molecule has 0 rings (SSSR count). The molecule has 0 heterocycles. The van der Waals surface area contributed by atoms with Crippen molar-refractivity contribution in [2.24, 2.45) is 0 Å². The van der Waals surface area contributed by atoms with Crippen LogP contribution in [0.3, 0.4) is 0 Å². The summed E-state index contributed by atoms with van der Waals surface area (Å²) in [6.07, 6.45) is -12.8. The lowest BCUT2D eigenvalue weighted by atomic mass is 9.94. The Labute approximate surface area is 147 Å². The Bertz CT molecular complexity index is 763. The topological polar surface area (TPSA) is 54.4 Å². The molecule has 1 N–H and O–H groups in total. The van der Waals surface area contributed by atoms with Crippen molar-refractivity contribution in [2.75, 3.05) is 0 Å². The average Bonchev–Trinajstić information content (AvgIpc) is 2.49. The number of hydrogen-bond donors (Lipinski definition) is 1. The van der Waals surface area contributed by atoms with Gasteiger partial charge in [0.15, 0.2) is 5.83 Å². The molecule has 3 nitrogen and oxygen atoms in total. The molecule has 0 amide bonds. The van der Waals surface area contributed by atoms with E-state index in [1.807, 2.05) is 0 Å². The molecule has 0 aliphatic rings. The molecule has 0 aromatic heterocycles. The molecule has 20 heteroatoms. The Morgan fingerprint density at radius 3 is 1.31 bits per heavy atom. The van der Waals surface area contributed by atoms with Crippen LogP contribution >= 0.6 is 0 Å².